The number of benzene rings is 2. The second-order valence-corrected chi connectivity index (χ2v) is 6.34. The van der Waals surface area contributed by atoms with E-state index in [1.54, 1.807) is 29.2 Å². The maximum atomic E-state index is 12.7. The van der Waals surface area contributed by atoms with Crippen molar-refractivity contribution in [2.75, 3.05) is 11.4 Å². The summed E-state index contributed by atoms with van der Waals surface area (Å²) < 4.78 is 0. The van der Waals surface area contributed by atoms with E-state index >= 15 is 0 Å². The molecule has 0 bridgehead atoms. The van der Waals surface area contributed by atoms with Gasteiger partial charge in [0.2, 0.25) is 5.91 Å². The minimum atomic E-state index is -1.27. The molecule has 3 rings (SSSR count). The van der Waals surface area contributed by atoms with Gasteiger partial charge in [-0.05, 0) is 37.5 Å². The Balaban J connectivity index is 1.69. The molecule has 2 amide bonds. The fourth-order valence-corrected chi connectivity index (χ4v) is 3.03. The molecular weight excluding hydrogens is 316 g/mol. The third kappa shape index (κ3) is 3.88. The minimum absolute atomic E-state index is 0.135. The van der Waals surface area contributed by atoms with Gasteiger partial charge in [-0.25, -0.2) is 0 Å². The van der Waals surface area contributed by atoms with Crippen LogP contribution in [-0.2, 0) is 9.59 Å². The highest BCUT2D eigenvalue weighted by molar-refractivity contribution is 6.00. The largest absolute Gasteiger partial charge is 0.378 e. The molecule has 1 fully saturated rings. The molecule has 2 aromatic rings. The normalized spacial score (nSPS) is 18.7. The summed E-state index contributed by atoms with van der Waals surface area (Å²) in [5, 5.41) is 12.9. The smallest absolute Gasteiger partial charge is 0.254 e. The minimum Gasteiger partial charge on any atom is -0.378 e. The zero-order valence-corrected chi connectivity index (χ0v) is 14.2. The van der Waals surface area contributed by atoms with Crippen molar-refractivity contribution in [3.05, 3.63) is 65.7 Å². The van der Waals surface area contributed by atoms with Gasteiger partial charge in [0.1, 0.15) is 6.04 Å². The van der Waals surface area contributed by atoms with Crippen LogP contribution in [0.5, 0.6) is 0 Å². The Morgan fingerprint density at radius 1 is 1.16 bits per heavy atom. The van der Waals surface area contributed by atoms with Gasteiger partial charge in [0.15, 0.2) is 6.10 Å². The van der Waals surface area contributed by atoms with Crippen molar-refractivity contribution in [2.24, 2.45) is 0 Å². The van der Waals surface area contributed by atoms with Crippen LogP contribution in [0, 0.1) is 6.92 Å². The van der Waals surface area contributed by atoms with Crippen molar-refractivity contribution in [1.82, 2.24) is 5.32 Å². The fraction of sp³-hybridized carbons (Fsp3) is 0.300. The number of aliphatic hydroxyl groups is 1. The van der Waals surface area contributed by atoms with E-state index in [0.29, 0.717) is 18.5 Å². The van der Waals surface area contributed by atoms with Crippen LogP contribution in [0.1, 0.15) is 30.1 Å². The fourth-order valence-electron chi connectivity index (χ4n) is 3.03. The molecule has 0 aliphatic carbocycles. The number of hydrogen-bond donors (Lipinski definition) is 2. The van der Waals surface area contributed by atoms with Crippen LogP contribution in [0.3, 0.4) is 0 Å². The molecule has 5 heteroatoms. The van der Waals surface area contributed by atoms with Crippen molar-refractivity contribution in [3.8, 4) is 0 Å². The summed E-state index contributed by atoms with van der Waals surface area (Å²) in [7, 11) is 0. The van der Waals surface area contributed by atoms with Crippen molar-refractivity contribution in [1.29, 1.82) is 0 Å². The van der Waals surface area contributed by atoms with Crippen LogP contribution in [0.15, 0.2) is 54.6 Å². The van der Waals surface area contributed by atoms with Gasteiger partial charge in [-0.3, -0.25) is 9.59 Å². The topological polar surface area (TPSA) is 69.6 Å². The summed E-state index contributed by atoms with van der Waals surface area (Å²) in [6.07, 6.45) is 0.101. The second kappa shape index (κ2) is 7.49. The van der Waals surface area contributed by atoms with E-state index in [9.17, 15) is 14.7 Å². The molecule has 25 heavy (non-hydrogen) atoms. The van der Waals surface area contributed by atoms with Gasteiger partial charge in [-0.1, -0.05) is 48.0 Å². The highest BCUT2D eigenvalue weighted by Crippen LogP contribution is 2.22. The number of hydrogen-bond acceptors (Lipinski definition) is 3. The highest BCUT2D eigenvalue weighted by Gasteiger charge is 2.32. The second-order valence-electron chi connectivity index (χ2n) is 6.34. The number of amides is 2. The first-order valence-corrected chi connectivity index (χ1v) is 8.47. The molecule has 0 aromatic heterocycles. The number of nitrogens with zero attached hydrogens (tertiary/aromatic N) is 1. The monoisotopic (exact) mass is 338 g/mol. The Kier molecular flexibility index (Phi) is 5.14. The predicted molar refractivity (Wildman–Crippen MR) is 96.1 cm³/mol. The van der Waals surface area contributed by atoms with Crippen molar-refractivity contribution < 1.29 is 14.7 Å². The molecule has 0 radical (unpaired) electrons. The van der Waals surface area contributed by atoms with E-state index in [4.69, 9.17) is 0 Å². The number of carbonyl (C=O) groups is 2. The maximum absolute atomic E-state index is 12.7. The molecule has 130 valence electrons. The van der Waals surface area contributed by atoms with E-state index in [1.807, 2.05) is 37.3 Å². The Morgan fingerprint density at radius 2 is 1.84 bits per heavy atom. The van der Waals surface area contributed by atoms with Gasteiger partial charge in [-0.15, -0.1) is 0 Å². The summed E-state index contributed by atoms with van der Waals surface area (Å²) in [6.45, 7) is 2.63. The highest BCUT2D eigenvalue weighted by atomic mass is 16.3. The van der Waals surface area contributed by atoms with Gasteiger partial charge in [0, 0.05) is 12.2 Å². The van der Waals surface area contributed by atoms with E-state index in [2.05, 4.69) is 5.32 Å². The van der Waals surface area contributed by atoms with Gasteiger partial charge in [-0.2, -0.15) is 0 Å². The number of piperidine rings is 1. The molecule has 5 nitrogen and oxygen atoms in total. The molecule has 2 atom stereocenters. The zero-order chi connectivity index (χ0) is 17.8. The van der Waals surface area contributed by atoms with Crippen molar-refractivity contribution in [3.63, 3.8) is 0 Å². The number of nitrogens with one attached hydrogen (secondary N) is 1. The standard InChI is InChI=1S/C20H22N2O3/c1-14-9-11-16(12-10-14)22-13-5-8-17(20(22)25)21-19(24)18(23)15-6-3-2-4-7-15/h2-4,6-7,9-12,17-18,23H,5,8,13H2,1H3,(H,21,24). The van der Waals surface area contributed by atoms with Gasteiger partial charge in [0.05, 0.1) is 0 Å². The first kappa shape index (κ1) is 17.2. The molecule has 1 heterocycles. The van der Waals surface area contributed by atoms with Crippen molar-refractivity contribution >= 4 is 17.5 Å². The maximum Gasteiger partial charge on any atom is 0.254 e. The van der Waals surface area contributed by atoms with E-state index in [0.717, 1.165) is 17.7 Å². The molecule has 1 aliphatic rings. The van der Waals surface area contributed by atoms with Crippen LogP contribution in [-0.4, -0.2) is 29.5 Å². The Labute approximate surface area is 147 Å². The lowest BCUT2D eigenvalue weighted by Gasteiger charge is -2.33. The van der Waals surface area contributed by atoms with Crippen LogP contribution < -0.4 is 10.2 Å². The van der Waals surface area contributed by atoms with Crippen LogP contribution in [0.25, 0.3) is 0 Å². The lowest BCUT2D eigenvalue weighted by Crippen LogP contribution is -2.53. The first-order chi connectivity index (χ1) is 12.1. The van der Waals surface area contributed by atoms with E-state index in [-0.39, 0.29) is 5.91 Å². The molecule has 0 spiro atoms. The SMILES string of the molecule is Cc1ccc(N2CCCC(NC(=O)C(O)c3ccccc3)C2=O)cc1. The number of aliphatic hydroxyl groups excluding tert-OH is 1. The number of aryl methyl sites for hydroxylation is 1. The van der Waals surface area contributed by atoms with E-state index < -0.39 is 18.1 Å². The molecule has 1 saturated heterocycles. The summed E-state index contributed by atoms with van der Waals surface area (Å²) in [5.41, 5.74) is 2.47. The van der Waals surface area contributed by atoms with Gasteiger partial charge < -0.3 is 15.3 Å². The summed E-state index contributed by atoms with van der Waals surface area (Å²) >= 11 is 0. The summed E-state index contributed by atoms with van der Waals surface area (Å²) in [5.74, 6) is -0.681. The lowest BCUT2D eigenvalue weighted by atomic mass is 10.0. The van der Waals surface area contributed by atoms with Crippen molar-refractivity contribution in [2.45, 2.75) is 31.9 Å². The third-order valence-electron chi connectivity index (χ3n) is 4.46. The van der Waals surface area contributed by atoms with Crippen LogP contribution in [0.4, 0.5) is 5.69 Å². The molecule has 2 N–H and O–H groups in total. The van der Waals surface area contributed by atoms with Gasteiger partial charge in [0.25, 0.3) is 5.91 Å². The number of anilines is 1. The molecular formula is C20H22N2O3. The summed E-state index contributed by atoms with van der Waals surface area (Å²) in [4.78, 5) is 26.7. The molecule has 2 unspecified atom stereocenters. The van der Waals surface area contributed by atoms with Crippen LogP contribution >= 0.6 is 0 Å². The Hall–Kier alpha value is -2.66. The zero-order valence-electron chi connectivity index (χ0n) is 14.2. The molecule has 0 saturated carbocycles. The quantitative estimate of drug-likeness (QED) is 0.899. The third-order valence-corrected chi connectivity index (χ3v) is 4.46. The predicted octanol–water partition coefficient (Wildman–Crippen LogP) is 2.34. The first-order valence-electron chi connectivity index (χ1n) is 8.47. The molecule has 2 aromatic carbocycles. The van der Waals surface area contributed by atoms with Gasteiger partial charge >= 0.3 is 0 Å². The summed E-state index contributed by atoms with van der Waals surface area (Å²) in [6, 6.07) is 15.9. The average Bonchev–Trinajstić information content (AvgIpc) is 2.64. The lowest BCUT2D eigenvalue weighted by molar-refractivity contribution is -0.134. The Morgan fingerprint density at radius 3 is 2.52 bits per heavy atom. The Bertz CT molecular complexity index is 743. The van der Waals surface area contributed by atoms with E-state index in [1.165, 1.54) is 0 Å². The van der Waals surface area contributed by atoms with Crippen LogP contribution in [0.2, 0.25) is 0 Å². The number of rotatable bonds is 4. The average molecular weight is 338 g/mol. The molecule has 1 aliphatic heterocycles. The number of carbonyl (C=O) groups excluding carboxylic acids is 2.